The number of aromatic nitrogens is 4. The number of benzene rings is 2. The topological polar surface area (TPSA) is 56.9 Å². The van der Waals surface area contributed by atoms with E-state index < -0.39 is 0 Å². The monoisotopic (exact) mass is 449 g/mol. The third-order valence-electron chi connectivity index (χ3n) is 6.55. The molecule has 1 N–H and O–H groups in total. The van der Waals surface area contributed by atoms with Crippen LogP contribution in [0.2, 0.25) is 0 Å². The van der Waals surface area contributed by atoms with Crippen LogP contribution in [-0.4, -0.2) is 32.6 Å². The van der Waals surface area contributed by atoms with E-state index in [9.17, 15) is 0 Å². The molecule has 1 fully saturated rings. The molecule has 6 heteroatoms. The maximum atomic E-state index is 6.13. The van der Waals surface area contributed by atoms with Crippen LogP contribution in [0.4, 0.5) is 0 Å². The molecule has 1 saturated heterocycles. The van der Waals surface area contributed by atoms with Crippen LogP contribution < -0.4 is 10.2 Å². The second-order valence-electron chi connectivity index (χ2n) is 8.80. The largest absolute Gasteiger partial charge is 0.409 e. The first kappa shape index (κ1) is 20.7. The molecule has 0 aliphatic carbocycles. The number of nitrogens with zero attached hydrogens (tertiary/aromatic N) is 4. The summed E-state index contributed by atoms with van der Waals surface area (Å²) in [5, 5.41) is 8.05. The molecule has 5 aromatic rings. The molecule has 0 unspecified atom stereocenters. The van der Waals surface area contributed by atoms with E-state index in [0.29, 0.717) is 12.6 Å². The fourth-order valence-corrected chi connectivity index (χ4v) is 4.58. The van der Waals surface area contributed by atoms with Gasteiger partial charge in [-0.15, -0.1) is 0 Å². The van der Waals surface area contributed by atoms with Gasteiger partial charge in [-0.2, -0.15) is 9.83 Å². The molecule has 0 spiro atoms. The summed E-state index contributed by atoms with van der Waals surface area (Å²) in [6, 6.07) is 23.5. The van der Waals surface area contributed by atoms with Gasteiger partial charge in [0, 0.05) is 29.7 Å². The molecule has 34 heavy (non-hydrogen) atoms. The lowest BCUT2D eigenvalue weighted by molar-refractivity contribution is 0.107. The minimum Gasteiger partial charge on any atom is -0.409 e. The Kier molecular flexibility index (Phi) is 5.57. The van der Waals surface area contributed by atoms with Gasteiger partial charge in [0.25, 0.3) is 0 Å². The summed E-state index contributed by atoms with van der Waals surface area (Å²) in [6.45, 7) is 2.58. The van der Waals surface area contributed by atoms with Crippen LogP contribution in [0, 0.1) is 0 Å². The zero-order valence-corrected chi connectivity index (χ0v) is 19.0. The van der Waals surface area contributed by atoms with Crippen molar-refractivity contribution in [1.29, 1.82) is 0 Å². The smallest absolute Gasteiger partial charge is 0.140 e. The van der Waals surface area contributed by atoms with E-state index in [4.69, 9.17) is 4.84 Å². The Morgan fingerprint density at radius 2 is 1.65 bits per heavy atom. The minimum atomic E-state index is 0.465. The number of hydrogen-bond acceptors (Lipinski definition) is 4. The highest BCUT2D eigenvalue weighted by atomic mass is 16.7. The van der Waals surface area contributed by atoms with E-state index in [-0.39, 0.29) is 0 Å². The van der Waals surface area contributed by atoms with Crippen LogP contribution in [0.3, 0.4) is 0 Å². The van der Waals surface area contributed by atoms with Crippen LogP contribution in [-0.2, 0) is 6.61 Å². The summed E-state index contributed by atoms with van der Waals surface area (Å²) < 4.78 is 3.92. The predicted molar refractivity (Wildman–Crippen MR) is 134 cm³/mol. The molecule has 170 valence electrons. The van der Waals surface area contributed by atoms with Crippen molar-refractivity contribution >= 4 is 11.0 Å². The predicted octanol–water partition coefficient (Wildman–Crippen LogP) is 5.12. The van der Waals surface area contributed by atoms with Crippen molar-refractivity contribution in [3.8, 4) is 22.3 Å². The molecule has 1 aliphatic heterocycles. The van der Waals surface area contributed by atoms with Crippen molar-refractivity contribution in [1.82, 2.24) is 24.8 Å². The zero-order valence-electron chi connectivity index (χ0n) is 19.0. The first-order valence-corrected chi connectivity index (χ1v) is 11.8. The average Bonchev–Trinajstić information content (AvgIpc) is 3.56. The molecule has 0 atom stereocenters. The Labute approximate surface area is 198 Å². The van der Waals surface area contributed by atoms with Crippen LogP contribution in [0.25, 0.3) is 33.3 Å². The molecule has 2 aromatic carbocycles. The first-order valence-electron chi connectivity index (χ1n) is 11.8. The molecule has 6 nitrogen and oxygen atoms in total. The highest BCUT2D eigenvalue weighted by Crippen LogP contribution is 2.26. The maximum Gasteiger partial charge on any atom is 0.140 e. The Balaban J connectivity index is 1.18. The van der Waals surface area contributed by atoms with E-state index in [0.717, 1.165) is 53.7 Å². The second kappa shape index (κ2) is 9.15. The van der Waals surface area contributed by atoms with Crippen molar-refractivity contribution < 1.29 is 4.84 Å². The van der Waals surface area contributed by atoms with Gasteiger partial charge in [-0.25, -0.2) is 0 Å². The van der Waals surface area contributed by atoms with Crippen molar-refractivity contribution in [2.75, 3.05) is 13.1 Å². The Hall–Kier alpha value is -3.90. The third kappa shape index (κ3) is 4.20. The van der Waals surface area contributed by atoms with Crippen molar-refractivity contribution in [2.45, 2.75) is 25.5 Å². The van der Waals surface area contributed by atoms with Crippen molar-refractivity contribution in [3.63, 3.8) is 0 Å². The molecular formula is C28H27N5O. The number of fused-ring (bicyclic) bond motifs is 1. The maximum absolute atomic E-state index is 6.13. The van der Waals surface area contributed by atoms with Crippen LogP contribution >= 0.6 is 0 Å². The van der Waals surface area contributed by atoms with E-state index in [2.05, 4.69) is 80.9 Å². The summed E-state index contributed by atoms with van der Waals surface area (Å²) in [6.07, 6.45) is 10.1. The fourth-order valence-electron chi connectivity index (χ4n) is 4.58. The SMILES string of the molecule is c1ccc(-c2ccc(COn3ccc4ncc(-c5cnn(C6CCNCC6)c5)cc43)cc2)cc1. The van der Waals surface area contributed by atoms with Gasteiger partial charge in [0.2, 0.25) is 0 Å². The molecule has 1 aliphatic rings. The molecule has 0 bridgehead atoms. The normalized spacial score (nSPS) is 14.5. The van der Waals surface area contributed by atoms with Gasteiger partial charge >= 0.3 is 0 Å². The van der Waals surface area contributed by atoms with Gasteiger partial charge in [0.05, 0.1) is 17.8 Å². The molecule has 0 amide bonds. The lowest BCUT2D eigenvalue weighted by atomic mass is 10.0. The molecule has 3 aromatic heterocycles. The number of piperidine rings is 1. The molecule has 0 saturated carbocycles. The van der Waals surface area contributed by atoms with Crippen LogP contribution in [0.15, 0.2) is 91.5 Å². The van der Waals surface area contributed by atoms with Crippen LogP contribution in [0.1, 0.15) is 24.4 Å². The first-order chi connectivity index (χ1) is 16.8. The average molecular weight is 450 g/mol. The van der Waals surface area contributed by atoms with E-state index >= 15 is 0 Å². The molecule has 6 rings (SSSR count). The van der Waals surface area contributed by atoms with E-state index in [1.165, 1.54) is 11.1 Å². The molecule has 4 heterocycles. The van der Waals surface area contributed by atoms with Gasteiger partial charge in [0.15, 0.2) is 0 Å². The lowest BCUT2D eigenvalue weighted by Gasteiger charge is -2.22. The minimum absolute atomic E-state index is 0.465. The number of hydrogen-bond donors (Lipinski definition) is 1. The summed E-state index contributed by atoms with van der Waals surface area (Å²) in [4.78, 5) is 10.8. The quantitative estimate of drug-likeness (QED) is 0.391. The van der Waals surface area contributed by atoms with Gasteiger partial charge in [0.1, 0.15) is 12.1 Å². The van der Waals surface area contributed by atoms with Gasteiger partial charge in [-0.3, -0.25) is 9.67 Å². The third-order valence-corrected chi connectivity index (χ3v) is 6.55. The Morgan fingerprint density at radius 3 is 2.47 bits per heavy atom. The number of pyridine rings is 1. The Morgan fingerprint density at radius 1 is 0.853 bits per heavy atom. The van der Waals surface area contributed by atoms with E-state index in [1.54, 1.807) is 0 Å². The lowest BCUT2D eigenvalue weighted by Crippen LogP contribution is -2.29. The standard InChI is InChI=1S/C28H27N5O/c1-2-4-22(5-3-1)23-8-6-21(7-9-23)20-34-33-15-12-27-28(33)16-24(17-30-27)25-18-31-32(19-25)26-10-13-29-14-11-26/h1-9,12,15-19,26,29H,10-11,13-14,20H2. The van der Waals surface area contributed by atoms with Gasteiger partial charge in [-0.05, 0) is 54.8 Å². The summed E-state index contributed by atoms with van der Waals surface area (Å²) >= 11 is 0. The fraction of sp³-hybridized carbons (Fsp3) is 0.214. The Bertz CT molecular complexity index is 1380. The highest BCUT2D eigenvalue weighted by Gasteiger charge is 2.16. The molecule has 0 radical (unpaired) electrons. The van der Waals surface area contributed by atoms with E-state index in [1.807, 2.05) is 35.5 Å². The number of rotatable bonds is 6. The highest BCUT2D eigenvalue weighted by molar-refractivity contribution is 5.80. The van der Waals surface area contributed by atoms with Crippen molar-refractivity contribution in [2.24, 2.45) is 0 Å². The second-order valence-corrected chi connectivity index (χ2v) is 8.80. The van der Waals surface area contributed by atoms with Gasteiger partial charge < -0.3 is 10.2 Å². The van der Waals surface area contributed by atoms with Crippen molar-refractivity contribution in [3.05, 3.63) is 97.1 Å². The van der Waals surface area contributed by atoms with Crippen LogP contribution in [0.5, 0.6) is 0 Å². The number of nitrogens with one attached hydrogen (secondary N) is 1. The molecular weight excluding hydrogens is 422 g/mol. The summed E-state index contributed by atoms with van der Waals surface area (Å²) in [5.74, 6) is 0. The summed E-state index contributed by atoms with van der Waals surface area (Å²) in [5.41, 5.74) is 7.53. The summed E-state index contributed by atoms with van der Waals surface area (Å²) in [7, 11) is 0. The van der Waals surface area contributed by atoms with Gasteiger partial charge in [-0.1, -0.05) is 54.6 Å². The zero-order chi connectivity index (χ0) is 22.7.